The van der Waals surface area contributed by atoms with E-state index in [9.17, 15) is 8.78 Å². The van der Waals surface area contributed by atoms with Gasteiger partial charge >= 0.3 is 0 Å². The molecule has 0 radical (unpaired) electrons. The number of hydrogen-bond acceptors (Lipinski definition) is 0. The summed E-state index contributed by atoms with van der Waals surface area (Å²) in [6, 6.07) is 32.3. The Morgan fingerprint density at radius 2 is 0.647 bits per heavy atom. The summed E-state index contributed by atoms with van der Waals surface area (Å²) in [6.07, 6.45) is 1.32. The van der Waals surface area contributed by atoms with E-state index in [0.717, 1.165) is 0 Å². The molecule has 1 atom stereocenters. The highest BCUT2D eigenvalue weighted by Crippen LogP contribution is 2.43. The second-order valence-electron chi connectivity index (χ2n) is 11.6. The molecule has 6 aromatic carbocycles. The molecular weight excluding hydrogens is 681 g/mol. The summed E-state index contributed by atoms with van der Waals surface area (Å²) < 4.78 is 153. The van der Waals surface area contributed by atoms with Gasteiger partial charge in [-0.15, -0.1) is 0 Å². The van der Waals surface area contributed by atoms with Crippen molar-refractivity contribution in [2.45, 2.75) is 11.7 Å². The molecular formula is C40H23BF10. The van der Waals surface area contributed by atoms with Gasteiger partial charge in [-0.05, 0) is 33.6 Å². The second-order valence-corrected chi connectivity index (χ2v) is 11.6. The molecule has 0 saturated heterocycles. The van der Waals surface area contributed by atoms with Crippen LogP contribution in [0.2, 0.25) is 5.82 Å². The van der Waals surface area contributed by atoms with E-state index in [4.69, 9.17) is 0 Å². The van der Waals surface area contributed by atoms with Gasteiger partial charge < -0.3 is 0 Å². The molecule has 6 rings (SSSR count). The lowest BCUT2D eigenvalue weighted by molar-refractivity contribution is 0.381. The minimum Gasteiger partial charge on any atom is -0.204 e. The predicted octanol–water partition coefficient (Wildman–Crippen LogP) is 10.0. The first-order chi connectivity index (χ1) is 24.5. The van der Waals surface area contributed by atoms with Crippen molar-refractivity contribution in [3.63, 3.8) is 0 Å². The monoisotopic (exact) mass is 704 g/mol. The molecule has 6 aromatic rings. The zero-order chi connectivity index (χ0) is 36.4. The second kappa shape index (κ2) is 14.7. The maximum Gasteiger partial charge on any atom is 0.233 e. The van der Waals surface area contributed by atoms with Crippen LogP contribution in [0.1, 0.15) is 28.2 Å². The van der Waals surface area contributed by atoms with Crippen molar-refractivity contribution in [3.05, 3.63) is 208 Å². The Morgan fingerprint density at radius 1 is 0.373 bits per heavy atom. The summed E-state index contributed by atoms with van der Waals surface area (Å²) in [4.78, 5) is 0. The molecule has 0 saturated carbocycles. The minimum absolute atomic E-state index is 0.260. The molecule has 0 heterocycles. The van der Waals surface area contributed by atoms with Gasteiger partial charge in [-0.1, -0.05) is 127 Å². The van der Waals surface area contributed by atoms with E-state index < -0.39 is 87.5 Å². The number of halogens is 10. The van der Waals surface area contributed by atoms with Crippen molar-refractivity contribution in [2.24, 2.45) is 0 Å². The fraction of sp³-hybridized carbons (Fsp3) is 0.0500. The topological polar surface area (TPSA) is 0 Å². The normalized spacial score (nSPS) is 11.8. The first kappa shape index (κ1) is 35.3. The molecule has 0 aliphatic carbocycles. The summed E-state index contributed by atoms with van der Waals surface area (Å²) in [5.74, 6) is -28.1. The van der Waals surface area contributed by atoms with Crippen LogP contribution >= 0.6 is 0 Å². The van der Waals surface area contributed by atoms with E-state index in [0.29, 0.717) is 22.3 Å². The first-order valence-corrected chi connectivity index (χ1v) is 15.5. The first-order valence-electron chi connectivity index (χ1n) is 15.5. The van der Waals surface area contributed by atoms with E-state index >= 15 is 35.1 Å². The van der Waals surface area contributed by atoms with Crippen LogP contribution in [-0.4, -0.2) is 6.71 Å². The molecule has 0 bridgehead atoms. The molecule has 11 heteroatoms. The van der Waals surface area contributed by atoms with Gasteiger partial charge in [0.15, 0.2) is 58.2 Å². The summed E-state index contributed by atoms with van der Waals surface area (Å²) in [5.41, 5.74) is -1.77. The zero-order valence-corrected chi connectivity index (χ0v) is 26.1. The van der Waals surface area contributed by atoms with Gasteiger partial charge in [0.25, 0.3) is 0 Å². The van der Waals surface area contributed by atoms with Crippen LogP contribution in [0.3, 0.4) is 0 Å². The molecule has 0 aliphatic rings. The average molecular weight is 704 g/mol. The van der Waals surface area contributed by atoms with Gasteiger partial charge in [0.2, 0.25) is 6.71 Å². The van der Waals surface area contributed by atoms with Crippen molar-refractivity contribution in [2.75, 3.05) is 0 Å². The van der Waals surface area contributed by atoms with Crippen LogP contribution in [0, 0.1) is 58.2 Å². The number of hydrogen-bond donors (Lipinski definition) is 0. The molecule has 0 aliphatic heterocycles. The summed E-state index contributed by atoms with van der Waals surface area (Å²) in [5, 5.41) is 0. The van der Waals surface area contributed by atoms with Crippen molar-refractivity contribution in [1.29, 1.82) is 0 Å². The van der Waals surface area contributed by atoms with Crippen LogP contribution in [0.15, 0.2) is 127 Å². The molecule has 0 nitrogen and oxygen atoms in total. The van der Waals surface area contributed by atoms with Gasteiger partial charge in [-0.3, -0.25) is 0 Å². The lowest BCUT2D eigenvalue weighted by atomic mass is 9.30. The van der Waals surface area contributed by atoms with E-state index in [-0.39, 0.29) is 5.57 Å². The Morgan fingerprint density at radius 3 is 0.961 bits per heavy atom. The van der Waals surface area contributed by atoms with E-state index in [2.05, 4.69) is 0 Å². The predicted molar refractivity (Wildman–Crippen MR) is 176 cm³/mol. The van der Waals surface area contributed by atoms with Gasteiger partial charge in [0.05, 0.1) is 0 Å². The Kier molecular flexibility index (Phi) is 10.2. The lowest BCUT2D eigenvalue weighted by Gasteiger charge is -2.33. The summed E-state index contributed by atoms with van der Waals surface area (Å²) in [6.45, 7) is -2.72. The molecule has 256 valence electrons. The highest BCUT2D eigenvalue weighted by Gasteiger charge is 2.46. The standard InChI is InChI=1S/C40H23BF10/c42-31-29(32(43)36(47)39(50)35(31)46)41(30-33(44)37(48)40(51)38(49)34(30)45)27(28(24-17-9-3-10-18-24)25-19-11-4-12-20-25)21-26(22-13-5-1-6-14-22)23-15-7-2-8-16-23/h1-21,27-28H. The highest BCUT2D eigenvalue weighted by molar-refractivity contribution is 6.87. The molecule has 0 amide bonds. The molecule has 51 heavy (non-hydrogen) atoms. The third kappa shape index (κ3) is 6.56. The number of allylic oxidation sites excluding steroid dienone is 1. The van der Waals surface area contributed by atoms with Gasteiger partial charge in [0.1, 0.15) is 0 Å². The van der Waals surface area contributed by atoms with Gasteiger partial charge in [-0.2, -0.15) is 0 Å². The van der Waals surface area contributed by atoms with Crippen molar-refractivity contribution in [1.82, 2.24) is 0 Å². The quantitative estimate of drug-likeness (QED) is 0.0609. The SMILES string of the molecule is Fc1c(F)c(F)c(B(c2c(F)c(F)c(F)c(F)c2F)C(C=C(c2ccccc2)c2ccccc2)C(c2ccccc2)c2ccccc2)c(F)c1F. The van der Waals surface area contributed by atoms with Crippen molar-refractivity contribution < 1.29 is 43.9 Å². The zero-order valence-electron chi connectivity index (χ0n) is 26.1. The lowest BCUT2D eigenvalue weighted by Crippen LogP contribution is -2.54. The maximum atomic E-state index is 16.0. The third-order valence-corrected chi connectivity index (χ3v) is 8.73. The molecule has 0 fully saturated rings. The van der Waals surface area contributed by atoms with Gasteiger partial charge in [0, 0.05) is 16.8 Å². The average Bonchev–Trinajstić information content (AvgIpc) is 3.17. The van der Waals surface area contributed by atoms with Crippen molar-refractivity contribution in [3.8, 4) is 0 Å². The third-order valence-electron chi connectivity index (χ3n) is 8.73. The molecule has 1 unspecified atom stereocenters. The van der Waals surface area contributed by atoms with Crippen LogP contribution in [0.5, 0.6) is 0 Å². The highest BCUT2D eigenvalue weighted by atomic mass is 19.2. The minimum atomic E-state index is -2.72. The Bertz CT molecular complexity index is 2000. The summed E-state index contributed by atoms with van der Waals surface area (Å²) >= 11 is 0. The fourth-order valence-electron chi connectivity index (χ4n) is 6.45. The molecule has 0 spiro atoms. The largest absolute Gasteiger partial charge is 0.233 e. The van der Waals surface area contributed by atoms with E-state index in [1.54, 1.807) is 121 Å². The van der Waals surface area contributed by atoms with E-state index in [1.165, 1.54) is 6.08 Å². The molecule has 0 N–H and O–H groups in total. The van der Waals surface area contributed by atoms with Crippen LogP contribution < -0.4 is 10.9 Å². The van der Waals surface area contributed by atoms with Crippen molar-refractivity contribution >= 4 is 23.2 Å². The van der Waals surface area contributed by atoms with Crippen LogP contribution in [-0.2, 0) is 0 Å². The smallest absolute Gasteiger partial charge is 0.204 e. The Hall–Kier alpha value is -5.58. The Balaban J connectivity index is 1.85. The number of rotatable bonds is 9. The maximum absolute atomic E-state index is 16.0. The summed E-state index contributed by atoms with van der Waals surface area (Å²) in [7, 11) is 0. The van der Waals surface area contributed by atoms with Crippen LogP contribution in [0.25, 0.3) is 5.57 Å². The van der Waals surface area contributed by atoms with E-state index in [1.807, 2.05) is 0 Å². The van der Waals surface area contributed by atoms with Gasteiger partial charge in [-0.25, -0.2) is 43.9 Å². The number of benzene rings is 6. The molecule has 0 aromatic heterocycles. The Labute approximate surface area is 286 Å². The van der Waals surface area contributed by atoms with Crippen LogP contribution in [0.4, 0.5) is 43.9 Å². The fourth-order valence-corrected chi connectivity index (χ4v) is 6.45.